The number of aromatic nitrogens is 2. The van der Waals surface area contributed by atoms with Crippen LogP contribution in [0.2, 0.25) is 5.02 Å². The van der Waals surface area contributed by atoms with Crippen LogP contribution in [0.15, 0.2) is 53.6 Å². The Labute approximate surface area is 175 Å². The first-order chi connectivity index (χ1) is 14.3. The van der Waals surface area contributed by atoms with E-state index in [4.69, 9.17) is 21.1 Å². The van der Waals surface area contributed by atoms with Gasteiger partial charge >= 0.3 is 12.1 Å². The Kier molecular flexibility index (Phi) is 6.41. The smallest absolute Gasteiger partial charge is 0.449 e. The molecule has 0 aliphatic carbocycles. The number of methoxy groups -OCH3 is 2. The van der Waals surface area contributed by atoms with Crippen molar-refractivity contribution in [2.24, 2.45) is 5.10 Å². The molecule has 0 spiro atoms. The Morgan fingerprint density at radius 1 is 1.07 bits per heavy atom. The minimum Gasteiger partial charge on any atom is -0.497 e. The van der Waals surface area contributed by atoms with Gasteiger partial charge in [-0.25, -0.2) is 4.98 Å². The number of nitrogens with zero attached hydrogens (tertiary/aromatic N) is 2. The van der Waals surface area contributed by atoms with Crippen molar-refractivity contribution in [3.8, 4) is 22.8 Å². The lowest BCUT2D eigenvalue weighted by Crippen LogP contribution is -2.20. The summed E-state index contributed by atoms with van der Waals surface area (Å²) in [6.45, 7) is 0. The highest BCUT2D eigenvalue weighted by Crippen LogP contribution is 2.30. The van der Waals surface area contributed by atoms with Gasteiger partial charge in [-0.05, 0) is 36.4 Å². The topological polar surface area (TPSA) is 69.9 Å². The molecule has 0 saturated heterocycles. The van der Waals surface area contributed by atoms with E-state index in [9.17, 15) is 13.2 Å². The predicted octanol–water partition coefficient (Wildman–Crippen LogP) is 4.70. The van der Waals surface area contributed by atoms with Gasteiger partial charge in [-0.15, -0.1) is 5.10 Å². The number of rotatable bonds is 6. The van der Waals surface area contributed by atoms with E-state index < -0.39 is 11.9 Å². The van der Waals surface area contributed by atoms with Crippen molar-refractivity contribution in [2.45, 2.75) is 6.18 Å². The number of alkyl halides is 3. The zero-order valence-corrected chi connectivity index (χ0v) is 16.7. The standard InChI is InChI=1S/C20H16ClF3N4O2/c1-29-15-8-5-13(17(9-15)30-2)11-25-28-19-26-16(10-18(27-19)20(22,23)24)12-3-6-14(21)7-4-12/h3-11H,1-2H3,(H,26,27,28)/p+1. The number of hydrazone groups is 1. The molecule has 30 heavy (non-hydrogen) atoms. The maximum absolute atomic E-state index is 13.3. The van der Waals surface area contributed by atoms with Crippen LogP contribution in [0.5, 0.6) is 11.5 Å². The summed E-state index contributed by atoms with van der Waals surface area (Å²) >= 11 is 5.85. The molecule has 156 valence electrons. The Balaban J connectivity index is 1.91. The fraction of sp³-hybridized carbons (Fsp3) is 0.150. The number of nitrogens with one attached hydrogen (secondary N) is 2. The van der Waals surface area contributed by atoms with E-state index >= 15 is 0 Å². The molecule has 0 bridgehead atoms. The van der Waals surface area contributed by atoms with E-state index in [1.54, 1.807) is 42.5 Å². The third kappa shape index (κ3) is 5.18. The molecule has 10 heteroatoms. The van der Waals surface area contributed by atoms with E-state index in [0.717, 1.165) is 6.07 Å². The number of benzene rings is 2. The first-order valence-corrected chi connectivity index (χ1v) is 8.96. The van der Waals surface area contributed by atoms with E-state index in [1.807, 2.05) is 0 Å². The average molecular weight is 438 g/mol. The highest BCUT2D eigenvalue weighted by Gasteiger charge is 2.37. The van der Waals surface area contributed by atoms with Gasteiger partial charge in [-0.3, -0.25) is 0 Å². The summed E-state index contributed by atoms with van der Waals surface area (Å²) in [5.74, 6) is 0.902. The number of ether oxygens (including phenoxy) is 2. The van der Waals surface area contributed by atoms with Gasteiger partial charge < -0.3 is 9.47 Å². The predicted molar refractivity (Wildman–Crippen MR) is 107 cm³/mol. The van der Waals surface area contributed by atoms with Gasteiger partial charge in [0, 0.05) is 28.3 Å². The van der Waals surface area contributed by atoms with Crippen molar-refractivity contribution in [1.29, 1.82) is 0 Å². The van der Waals surface area contributed by atoms with Crippen molar-refractivity contribution >= 4 is 23.8 Å². The molecule has 0 fully saturated rings. The number of H-pyrrole nitrogens is 1. The summed E-state index contributed by atoms with van der Waals surface area (Å²) in [4.78, 5) is 6.36. The van der Waals surface area contributed by atoms with E-state index in [0.29, 0.717) is 27.6 Å². The number of hydrogen-bond acceptors (Lipinski definition) is 5. The first kappa shape index (κ1) is 21.4. The Morgan fingerprint density at radius 3 is 2.43 bits per heavy atom. The summed E-state index contributed by atoms with van der Waals surface area (Å²) in [6, 6.07) is 12.4. The quantitative estimate of drug-likeness (QED) is 0.448. The van der Waals surface area contributed by atoms with Crippen molar-refractivity contribution in [3.63, 3.8) is 0 Å². The van der Waals surface area contributed by atoms with E-state index in [2.05, 4.69) is 20.5 Å². The molecular formula is C20H17ClF3N4O2+. The second-order valence-corrected chi connectivity index (χ2v) is 6.45. The molecule has 2 aromatic carbocycles. The third-order valence-electron chi connectivity index (χ3n) is 4.03. The normalized spacial score (nSPS) is 11.5. The molecule has 3 rings (SSSR count). The second kappa shape index (κ2) is 9.00. The number of halogens is 4. The van der Waals surface area contributed by atoms with Gasteiger partial charge in [0.2, 0.25) is 5.69 Å². The van der Waals surface area contributed by atoms with Crippen LogP contribution >= 0.6 is 11.6 Å². The molecule has 0 atom stereocenters. The molecular weight excluding hydrogens is 421 g/mol. The molecule has 0 aliphatic rings. The number of hydrogen-bond donors (Lipinski definition) is 1. The zero-order valence-electron chi connectivity index (χ0n) is 15.9. The maximum atomic E-state index is 13.3. The largest absolute Gasteiger partial charge is 0.497 e. The molecule has 1 heterocycles. The number of anilines is 1. The highest BCUT2D eigenvalue weighted by molar-refractivity contribution is 6.30. The molecule has 0 saturated carbocycles. The molecule has 0 unspecified atom stereocenters. The van der Waals surface area contributed by atoms with Gasteiger partial charge in [0.25, 0.3) is 0 Å². The van der Waals surface area contributed by atoms with Crippen LogP contribution in [-0.4, -0.2) is 25.4 Å². The first-order valence-electron chi connectivity index (χ1n) is 8.59. The highest BCUT2D eigenvalue weighted by atomic mass is 35.5. The van der Waals surface area contributed by atoms with Crippen LogP contribution in [0.25, 0.3) is 11.3 Å². The zero-order chi connectivity index (χ0) is 21.7. The third-order valence-corrected chi connectivity index (χ3v) is 4.28. The summed E-state index contributed by atoms with van der Waals surface area (Å²) in [5.41, 5.74) is 2.74. The fourth-order valence-corrected chi connectivity index (χ4v) is 2.68. The summed E-state index contributed by atoms with van der Waals surface area (Å²) in [7, 11) is 3.01. The van der Waals surface area contributed by atoms with Gasteiger partial charge in [-0.2, -0.15) is 18.6 Å². The van der Waals surface area contributed by atoms with Gasteiger partial charge in [-0.1, -0.05) is 16.6 Å². The van der Waals surface area contributed by atoms with Crippen molar-refractivity contribution in [1.82, 2.24) is 4.98 Å². The van der Waals surface area contributed by atoms with Gasteiger partial charge in [0.1, 0.15) is 17.2 Å². The number of aromatic amines is 1. The molecule has 1 aromatic heterocycles. The van der Waals surface area contributed by atoms with Crippen LogP contribution in [0.3, 0.4) is 0 Å². The minimum atomic E-state index is -4.63. The summed E-state index contributed by atoms with van der Waals surface area (Å²) in [6.07, 6.45) is -3.23. The fourth-order valence-electron chi connectivity index (χ4n) is 2.55. The lowest BCUT2D eigenvalue weighted by molar-refractivity contribution is -0.353. The van der Waals surface area contributed by atoms with Crippen molar-refractivity contribution in [2.75, 3.05) is 19.6 Å². The second-order valence-electron chi connectivity index (χ2n) is 6.01. The Morgan fingerprint density at radius 2 is 1.80 bits per heavy atom. The molecule has 0 radical (unpaired) electrons. The van der Waals surface area contributed by atoms with Crippen LogP contribution in [0.4, 0.5) is 19.1 Å². The van der Waals surface area contributed by atoms with E-state index in [1.165, 1.54) is 20.4 Å². The maximum Gasteiger partial charge on any atom is 0.449 e. The molecule has 3 aromatic rings. The van der Waals surface area contributed by atoms with Crippen molar-refractivity contribution < 1.29 is 27.6 Å². The van der Waals surface area contributed by atoms with E-state index in [-0.39, 0.29) is 11.6 Å². The molecule has 6 nitrogen and oxygen atoms in total. The lowest BCUT2D eigenvalue weighted by atomic mass is 10.1. The monoisotopic (exact) mass is 437 g/mol. The Bertz CT molecular complexity index is 1060. The van der Waals surface area contributed by atoms with Crippen LogP contribution < -0.4 is 19.9 Å². The Hall–Kier alpha value is -3.33. The van der Waals surface area contributed by atoms with Crippen molar-refractivity contribution in [3.05, 3.63) is 64.8 Å². The summed E-state index contributed by atoms with van der Waals surface area (Å²) < 4.78 is 50.3. The molecule has 2 N–H and O–H groups in total. The van der Waals surface area contributed by atoms with Gasteiger partial charge in [0.15, 0.2) is 0 Å². The average Bonchev–Trinajstić information content (AvgIpc) is 2.73. The summed E-state index contributed by atoms with van der Waals surface area (Å²) in [5, 5.41) is 4.44. The van der Waals surface area contributed by atoms with Crippen LogP contribution in [-0.2, 0) is 6.18 Å². The SMILES string of the molecule is COc1ccc(C=NNc2nc(C(F)(F)F)cc(-c3ccc(Cl)cc3)[nH+]2)c(OC)c1. The lowest BCUT2D eigenvalue weighted by Gasteiger charge is -2.07. The van der Waals surface area contributed by atoms with Crippen LogP contribution in [0, 0.1) is 0 Å². The molecule has 0 amide bonds. The van der Waals surface area contributed by atoms with Gasteiger partial charge in [0.05, 0.1) is 20.4 Å². The molecule has 0 aliphatic heterocycles. The minimum absolute atomic E-state index is 0.182. The van der Waals surface area contributed by atoms with Crippen LogP contribution in [0.1, 0.15) is 11.3 Å².